The number of sulfonamides is 1. The summed E-state index contributed by atoms with van der Waals surface area (Å²) in [6, 6.07) is 3.21. The van der Waals surface area contributed by atoms with E-state index < -0.39 is 15.6 Å². The highest BCUT2D eigenvalue weighted by Crippen LogP contribution is 2.32. The minimum atomic E-state index is -3.49. The molecule has 0 amide bonds. The van der Waals surface area contributed by atoms with Crippen LogP contribution in [-0.2, 0) is 10.0 Å². The van der Waals surface area contributed by atoms with Gasteiger partial charge in [0, 0.05) is 31.0 Å². The van der Waals surface area contributed by atoms with Crippen LogP contribution in [0.3, 0.4) is 0 Å². The van der Waals surface area contributed by atoms with Gasteiger partial charge >= 0.3 is 0 Å². The Morgan fingerprint density at radius 2 is 2.28 bits per heavy atom. The van der Waals surface area contributed by atoms with Gasteiger partial charge in [-0.05, 0) is 31.9 Å². The summed E-state index contributed by atoms with van der Waals surface area (Å²) in [6.45, 7) is 2.79. The second-order valence-electron chi connectivity index (χ2n) is 4.92. The summed E-state index contributed by atoms with van der Waals surface area (Å²) in [5, 5.41) is 0. The highest BCUT2D eigenvalue weighted by molar-refractivity contribution is 7.89. The monoisotopic (exact) mass is 269 g/mol. The number of nitrogens with two attached hydrogens (primary N) is 1. The van der Waals surface area contributed by atoms with E-state index in [0.29, 0.717) is 13.1 Å². The highest BCUT2D eigenvalue weighted by Gasteiger charge is 2.41. The van der Waals surface area contributed by atoms with Gasteiger partial charge in [-0.15, -0.1) is 0 Å². The van der Waals surface area contributed by atoms with E-state index in [9.17, 15) is 8.42 Å². The summed E-state index contributed by atoms with van der Waals surface area (Å²) in [6.07, 6.45) is 5.67. The molecule has 5 nitrogen and oxygen atoms in total. The Bertz CT molecular complexity index is 503. The molecule has 0 spiro atoms. The summed E-state index contributed by atoms with van der Waals surface area (Å²) in [5.41, 5.74) is 5.30. The molecule has 1 aromatic rings. The van der Waals surface area contributed by atoms with Crippen molar-refractivity contribution in [3.8, 4) is 0 Å². The molecular formula is C12H19N3O2S. The number of aromatic nitrogens is 1. The third-order valence-corrected chi connectivity index (χ3v) is 5.63. The van der Waals surface area contributed by atoms with Gasteiger partial charge in [-0.3, -0.25) is 4.98 Å². The molecule has 1 aliphatic heterocycles. The van der Waals surface area contributed by atoms with E-state index in [2.05, 4.69) is 4.98 Å². The van der Waals surface area contributed by atoms with E-state index in [1.165, 1.54) is 6.20 Å². The van der Waals surface area contributed by atoms with Gasteiger partial charge < -0.3 is 5.73 Å². The Hall–Kier alpha value is -0.980. The fraction of sp³-hybridized carbons (Fsp3) is 0.583. The van der Waals surface area contributed by atoms with E-state index in [4.69, 9.17) is 5.73 Å². The van der Waals surface area contributed by atoms with Crippen LogP contribution < -0.4 is 5.73 Å². The van der Waals surface area contributed by atoms with Crippen LogP contribution in [0.25, 0.3) is 0 Å². The number of hydrogen-bond donors (Lipinski definition) is 1. The molecule has 0 aliphatic carbocycles. The zero-order valence-electron chi connectivity index (χ0n) is 10.5. The molecule has 1 atom stereocenters. The van der Waals surface area contributed by atoms with Crippen LogP contribution in [0.2, 0.25) is 0 Å². The smallest absolute Gasteiger partial charge is 0.245 e. The van der Waals surface area contributed by atoms with Crippen LogP contribution in [0.5, 0.6) is 0 Å². The summed E-state index contributed by atoms with van der Waals surface area (Å²) >= 11 is 0. The second kappa shape index (κ2) is 4.95. The number of hydrogen-bond acceptors (Lipinski definition) is 4. The van der Waals surface area contributed by atoms with Crippen molar-refractivity contribution in [2.75, 3.05) is 13.1 Å². The van der Waals surface area contributed by atoms with Crippen molar-refractivity contribution >= 4 is 10.0 Å². The number of rotatable bonds is 3. The van der Waals surface area contributed by atoms with Gasteiger partial charge in [0.05, 0.1) is 0 Å². The maximum atomic E-state index is 12.6. The number of nitrogens with zero attached hydrogens (tertiary/aromatic N) is 2. The van der Waals surface area contributed by atoms with Crippen LogP contribution in [-0.4, -0.2) is 36.3 Å². The molecule has 0 radical (unpaired) electrons. The lowest BCUT2D eigenvalue weighted by atomic mass is 9.91. The Kier molecular flexibility index (Phi) is 3.70. The normalized spacial score (nSPS) is 26.1. The zero-order valence-corrected chi connectivity index (χ0v) is 11.4. The predicted octanol–water partition coefficient (Wildman–Crippen LogP) is 0.974. The first-order valence-electron chi connectivity index (χ1n) is 6.14. The Balaban J connectivity index is 2.40. The molecule has 100 valence electrons. The number of pyridine rings is 1. The minimum absolute atomic E-state index is 0.242. The molecule has 1 aliphatic rings. The summed E-state index contributed by atoms with van der Waals surface area (Å²) in [5.74, 6) is 0. The first-order chi connectivity index (χ1) is 8.50. The van der Waals surface area contributed by atoms with Crippen LogP contribution in [0.1, 0.15) is 26.2 Å². The van der Waals surface area contributed by atoms with Crippen molar-refractivity contribution in [1.29, 1.82) is 0 Å². The molecule has 1 fully saturated rings. The lowest BCUT2D eigenvalue weighted by Gasteiger charge is -2.42. The average molecular weight is 269 g/mol. The van der Waals surface area contributed by atoms with E-state index in [-0.39, 0.29) is 4.90 Å². The van der Waals surface area contributed by atoms with Crippen molar-refractivity contribution in [2.24, 2.45) is 5.73 Å². The third-order valence-electron chi connectivity index (χ3n) is 3.59. The summed E-state index contributed by atoms with van der Waals surface area (Å²) in [4.78, 5) is 4.12. The summed E-state index contributed by atoms with van der Waals surface area (Å²) < 4.78 is 26.7. The molecular weight excluding hydrogens is 250 g/mol. The van der Waals surface area contributed by atoms with Crippen LogP contribution in [0.4, 0.5) is 0 Å². The van der Waals surface area contributed by atoms with Crippen LogP contribution in [0, 0.1) is 0 Å². The van der Waals surface area contributed by atoms with Gasteiger partial charge in [0.1, 0.15) is 4.90 Å². The molecule has 2 rings (SSSR count). The van der Waals surface area contributed by atoms with Crippen LogP contribution >= 0.6 is 0 Å². The van der Waals surface area contributed by atoms with Gasteiger partial charge in [0.2, 0.25) is 10.0 Å². The van der Waals surface area contributed by atoms with Crippen LogP contribution in [0.15, 0.2) is 29.4 Å². The molecule has 1 aromatic heterocycles. The van der Waals surface area contributed by atoms with Crippen molar-refractivity contribution in [2.45, 2.75) is 36.6 Å². The minimum Gasteiger partial charge on any atom is -0.329 e. The molecule has 18 heavy (non-hydrogen) atoms. The maximum absolute atomic E-state index is 12.6. The van der Waals surface area contributed by atoms with Gasteiger partial charge in [0.15, 0.2) is 0 Å². The standard InChI is InChI=1S/C12H19N3O2S/c1-12(10-13)6-2-3-8-15(12)18(16,17)11-5-4-7-14-9-11/h4-5,7,9H,2-3,6,8,10,13H2,1H3. The Morgan fingerprint density at radius 1 is 1.50 bits per heavy atom. The van der Waals surface area contributed by atoms with E-state index >= 15 is 0 Å². The predicted molar refractivity (Wildman–Crippen MR) is 69.4 cm³/mol. The van der Waals surface area contributed by atoms with E-state index in [0.717, 1.165) is 19.3 Å². The molecule has 0 aromatic carbocycles. The molecule has 2 N–H and O–H groups in total. The molecule has 1 unspecified atom stereocenters. The molecule has 2 heterocycles. The Labute approximate surface area is 108 Å². The lowest BCUT2D eigenvalue weighted by molar-refractivity contribution is 0.158. The average Bonchev–Trinajstić information content (AvgIpc) is 2.40. The van der Waals surface area contributed by atoms with Gasteiger partial charge in [0.25, 0.3) is 0 Å². The SMILES string of the molecule is CC1(CN)CCCCN1S(=O)(=O)c1cccnc1. The maximum Gasteiger partial charge on any atom is 0.245 e. The van der Waals surface area contributed by atoms with E-state index in [1.54, 1.807) is 22.6 Å². The Morgan fingerprint density at radius 3 is 2.89 bits per heavy atom. The second-order valence-corrected chi connectivity index (χ2v) is 6.79. The number of piperidine rings is 1. The molecule has 6 heteroatoms. The van der Waals surface area contributed by atoms with Gasteiger partial charge in [-0.25, -0.2) is 8.42 Å². The van der Waals surface area contributed by atoms with Crippen molar-refractivity contribution in [3.05, 3.63) is 24.5 Å². The summed E-state index contributed by atoms with van der Waals surface area (Å²) in [7, 11) is -3.49. The molecule has 1 saturated heterocycles. The molecule has 0 bridgehead atoms. The van der Waals surface area contributed by atoms with Gasteiger partial charge in [-0.2, -0.15) is 4.31 Å². The third kappa shape index (κ3) is 2.28. The first-order valence-corrected chi connectivity index (χ1v) is 7.58. The topological polar surface area (TPSA) is 76.3 Å². The van der Waals surface area contributed by atoms with Crippen molar-refractivity contribution < 1.29 is 8.42 Å². The first kappa shape index (κ1) is 13.5. The fourth-order valence-electron chi connectivity index (χ4n) is 2.40. The highest BCUT2D eigenvalue weighted by atomic mass is 32.2. The largest absolute Gasteiger partial charge is 0.329 e. The fourth-order valence-corrected chi connectivity index (χ4v) is 4.21. The van der Waals surface area contributed by atoms with Crippen molar-refractivity contribution in [3.63, 3.8) is 0 Å². The zero-order chi connectivity index (χ0) is 13.2. The molecule has 0 saturated carbocycles. The van der Waals surface area contributed by atoms with E-state index in [1.807, 2.05) is 6.92 Å². The quantitative estimate of drug-likeness (QED) is 0.887. The van der Waals surface area contributed by atoms with Crippen molar-refractivity contribution in [1.82, 2.24) is 9.29 Å². The lowest BCUT2D eigenvalue weighted by Crippen LogP contribution is -2.56. The van der Waals surface area contributed by atoms with Gasteiger partial charge in [-0.1, -0.05) is 6.42 Å².